The molecule has 3 aromatic rings. The van der Waals surface area contributed by atoms with E-state index in [1.807, 2.05) is 16.8 Å². The Hall–Kier alpha value is -3.17. The van der Waals surface area contributed by atoms with Gasteiger partial charge in [0.1, 0.15) is 5.69 Å². The Morgan fingerprint density at radius 2 is 1.97 bits per heavy atom. The van der Waals surface area contributed by atoms with Crippen LogP contribution in [0.1, 0.15) is 65.2 Å². The van der Waals surface area contributed by atoms with Crippen molar-refractivity contribution in [2.45, 2.75) is 50.4 Å². The zero-order chi connectivity index (χ0) is 21.8. The highest BCUT2D eigenvalue weighted by Crippen LogP contribution is 2.40. The number of fused-ring (bicyclic) bond motifs is 1. The molecule has 10 heteroatoms. The van der Waals surface area contributed by atoms with E-state index in [0.717, 1.165) is 59.2 Å². The van der Waals surface area contributed by atoms with E-state index < -0.39 is 17.8 Å². The van der Waals surface area contributed by atoms with Crippen LogP contribution in [0.5, 0.6) is 0 Å². The van der Waals surface area contributed by atoms with Crippen LogP contribution in [0.3, 0.4) is 0 Å². The number of nitrogens with one attached hydrogen (secondary N) is 1. The molecular weight excluding hydrogens is 409 g/mol. The van der Waals surface area contributed by atoms with E-state index >= 15 is 0 Å². The van der Waals surface area contributed by atoms with Gasteiger partial charge < -0.3 is 5.32 Å². The van der Waals surface area contributed by atoms with Gasteiger partial charge in [-0.3, -0.25) is 19.1 Å². The van der Waals surface area contributed by atoms with Crippen LogP contribution in [-0.4, -0.2) is 30.5 Å². The van der Waals surface area contributed by atoms with Gasteiger partial charge in [0.2, 0.25) is 0 Å². The van der Waals surface area contributed by atoms with Gasteiger partial charge in [-0.25, -0.2) is 0 Å². The summed E-state index contributed by atoms with van der Waals surface area (Å²) in [6.45, 7) is 0.728. The summed E-state index contributed by atoms with van der Waals surface area (Å²) in [5, 5.41) is 11.0. The smallest absolute Gasteiger partial charge is 0.342 e. The Labute approximate surface area is 176 Å². The summed E-state index contributed by atoms with van der Waals surface area (Å²) in [6, 6.07) is 6.37. The largest absolute Gasteiger partial charge is 0.435 e. The van der Waals surface area contributed by atoms with Crippen LogP contribution in [0.15, 0.2) is 30.5 Å². The molecule has 1 aliphatic carbocycles. The molecule has 162 valence electrons. The van der Waals surface area contributed by atoms with E-state index in [2.05, 4.69) is 21.5 Å². The summed E-state index contributed by atoms with van der Waals surface area (Å²) < 4.78 is 41.6. The number of carbonyl (C=O) groups is 1. The predicted molar refractivity (Wildman–Crippen MR) is 105 cm³/mol. The summed E-state index contributed by atoms with van der Waals surface area (Å²) in [5.74, 6) is -0.0589. The monoisotopic (exact) mass is 430 g/mol. The number of amides is 1. The second-order valence-electron chi connectivity index (χ2n) is 8.13. The van der Waals surface area contributed by atoms with Crippen LogP contribution < -0.4 is 5.32 Å². The number of halogens is 3. The molecule has 0 bridgehead atoms. The number of hydrogen-bond donors (Lipinski definition) is 1. The number of hydrogen-bond acceptors (Lipinski definition) is 4. The fourth-order valence-electron chi connectivity index (χ4n) is 4.03. The molecule has 1 saturated carbocycles. The number of nitrogens with zero attached hydrogens (tertiary/aromatic N) is 5. The zero-order valence-corrected chi connectivity index (χ0v) is 16.9. The third kappa shape index (κ3) is 3.82. The lowest BCUT2D eigenvalue weighted by molar-refractivity contribution is -0.141. The third-order valence-corrected chi connectivity index (χ3v) is 5.81. The minimum absolute atomic E-state index is 0.132. The van der Waals surface area contributed by atoms with E-state index in [-0.39, 0.29) is 11.7 Å². The molecule has 1 unspecified atom stereocenters. The lowest BCUT2D eigenvalue weighted by atomic mass is 10.0. The Kier molecular flexibility index (Phi) is 4.60. The van der Waals surface area contributed by atoms with Gasteiger partial charge in [-0.15, -0.1) is 0 Å². The first kappa shape index (κ1) is 19.8. The van der Waals surface area contributed by atoms with Crippen molar-refractivity contribution >= 4 is 5.91 Å². The number of aromatic nitrogens is 5. The van der Waals surface area contributed by atoms with Crippen molar-refractivity contribution < 1.29 is 18.0 Å². The Morgan fingerprint density at radius 3 is 2.68 bits per heavy atom. The minimum atomic E-state index is -4.60. The zero-order valence-electron chi connectivity index (χ0n) is 16.9. The Balaban J connectivity index is 1.39. The van der Waals surface area contributed by atoms with Crippen LogP contribution >= 0.6 is 0 Å². The molecule has 31 heavy (non-hydrogen) atoms. The molecular formula is C21H21F3N6O. The second kappa shape index (κ2) is 7.21. The molecule has 0 saturated heterocycles. The van der Waals surface area contributed by atoms with E-state index in [1.54, 1.807) is 6.20 Å². The highest BCUT2D eigenvalue weighted by atomic mass is 19.4. The molecule has 2 aliphatic rings. The van der Waals surface area contributed by atoms with E-state index in [9.17, 15) is 18.0 Å². The molecule has 0 radical (unpaired) electrons. The summed E-state index contributed by atoms with van der Waals surface area (Å²) in [6.07, 6.45) is 1.01. The van der Waals surface area contributed by atoms with E-state index in [0.29, 0.717) is 12.3 Å². The molecule has 0 spiro atoms. The maximum absolute atomic E-state index is 12.9. The minimum Gasteiger partial charge on any atom is -0.342 e. The van der Waals surface area contributed by atoms with Crippen LogP contribution in [0.4, 0.5) is 13.2 Å². The number of alkyl halides is 3. The molecule has 4 heterocycles. The van der Waals surface area contributed by atoms with Crippen molar-refractivity contribution in [3.8, 4) is 11.3 Å². The molecule has 1 atom stereocenters. The summed E-state index contributed by atoms with van der Waals surface area (Å²) in [5.41, 5.74) is 2.49. The average Bonchev–Trinajstić information content (AvgIpc) is 3.35. The van der Waals surface area contributed by atoms with Crippen molar-refractivity contribution in [2.75, 3.05) is 0 Å². The fourth-order valence-corrected chi connectivity index (χ4v) is 4.03. The lowest BCUT2D eigenvalue weighted by Gasteiger charge is -2.24. The Bertz CT molecular complexity index is 1140. The Morgan fingerprint density at radius 1 is 1.16 bits per heavy atom. The highest BCUT2D eigenvalue weighted by molar-refractivity contribution is 5.93. The van der Waals surface area contributed by atoms with Crippen molar-refractivity contribution in [1.82, 2.24) is 29.9 Å². The van der Waals surface area contributed by atoms with Gasteiger partial charge in [-0.1, -0.05) is 0 Å². The number of pyridine rings is 1. The fraction of sp³-hybridized carbons (Fsp3) is 0.429. The SMILES string of the molecule is Cn1nc(C(F)(F)F)cc1C(=O)NC1CCCn2nc(-c3ccnc(C4CC4)c3)cc21. The van der Waals surface area contributed by atoms with Crippen molar-refractivity contribution in [3.05, 3.63) is 53.2 Å². The number of carbonyl (C=O) groups excluding carboxylic acids is 1. The maximum atomic E-state index is 12.9. The highest BCUT2D eigenvalue weighted by Gasteiger charge is 2.36. The quantitative estimate of drug-likeness (QED) is 0.682. The first-order valence-corrected chi connectivity index (χ1v) is 10.3. The van der Waals surface area contributed by atoms with Crippen molar-refractivity contribution in [3.63, 3.8) is 0 Å². The first-order valence-electron chi connectivity index (χ1n) is 10.3. The van der Waals surface area contributed by atoms with Gasteiger partial charge in [0.15, 0.2) is 5.69 Å². The average molecular weight is 430 g/mol. The van der Waals surface area contributed by atoms with Crippen LogP contribution in [0.2, 0.25) is 0 Å². The molecule has 1 N–H and O–H groups in total. The van der Waals surface area contributed by atoms with E-state index in [1.165, 1.54) is 7.05 Å². The van der Waals surface area contributed by atoms with E-state index in [4.69, 9.17) is 5.10 Å². The molecule has 1 aliphatic heterocycles. The molecule has 5 rings (SSSR count). The maximum Gasteiger partial charge on any atom is 0.435 e. The summed E-state index contributed by atoms with van der Waals surface area (Å²) in [7, 11) is 1.33. The van der Waals surface area contributed by atoms with Crippen LogP contribution in [-0.2, 0) is 19.8 Å². The predicted octanol–water partition coefficient (Wildman–Crippen LogP) is 3.84. The van der Waals surface area contributed by atoms with Crippen molar-refractivity contribution in [1.29, 1.82) is 0 Å². The molecule has 1 fully saturated rings. The third-order valence-electron chi connectivity index (χ3n) is 5.81. The molecule has 7 nitrogen and oxygen atoms in total. The van der Waals surface area contributed by atoms with Gasteiger partial charge in [-0.2, -0.15) is 23.4 Å². The second-order valence-corrected chi connectivity index (χ2v) is 8.13. The summed E-state index contributed by atoms with van der Waals surface area (Å²) >= 11 is 0. The van der Waals surface area contributed by atoms with Gasteiger partial charge in [0.05, 0.1) is 17.4 Å². The van der Waals surface area contributed by atoms with Crippen molar-refractivity contribution in [2.24, 2.45) is 7.05 Å². The van der Waals surface area contributed by atoms with Crippen LogP contribution in [0.25, 0.3) is 11.3 Å². The molecule has 3 aromatic heterocycles. The molecule has 1 amide bonds. The first-order chi connectivity index (χ1) is 14.8. The van der Waals surface area contributed by atoms with Gasteiger partial charge in [-0.05, 0) is 43.9 Å². The lowest BCUT2D eigenvalue weighted by Crippen LogP contribution is -2.33. The van der Waals surface area contributed by atoms with Crippen LogP contribution in [0, 0.1) is 0 Å². The normalized spacial score (nSPS) is 18.6. The van der Waals surface area contributed by atoms with Gasteiger partial charge >= 0.3 is 6.18 Å². The summed E-state index contributed by atoms with van der Waals surface area (Å²) in [4.78, 5) is 17.2. The topological polar surface area (TPSA) is 77.6 Å². The van der Waals surface area contributed by atoms with Gasteiger partial charge in [0, 0.05) is 43.0 Å². The molecule has 0 aromatic carbocycles. The van der Waals surface area contributed by atoms with Gasteiger partial charge in [0.25, 0.3) is 5.91 Å². The standard InChI is InChI=1S/C21H21F3N6O/c1-29-18(11-19(28-29)21(22,23)24)20(31)26-14-3-2-8-30-17(14)10-16(27-30)13-6-7-25-15(9-13)12-4-5-12/h6-7,9-12,14H,2-5,8H2,1H3,(H,26,31). The number of rotatable bonds is 4. The number of aryl methyl sites for hydroxylation is 2.